The second kappa shape index (κ2) is 5.89. The summed E-state index contributed by atoms with van der Waals surface area (Å²) in [5.74, 6) is -0.172. The Morgan fingerprint density at radius 3 is 2.65 bits per heavy atom. The number of aliphatic hydroxyl groups excluding tert-OH is 1. The molecule has 0 aliphatic carbocycles. The molecule has 0 atom stereocenters. The fraction of sp³-hybridized carbons (Fsp3) is 0.211. The Bertz CT molecular complexity index is 894. The van der Waals surface area contributed by atoms with Crippen LogP contribution in [0.25, 0.3) is 10.9 Å². The Morgan fingerprint density at radius 1 is 1.13 bits per heavy atom. The van der Waals surface area contributed by atoms with Gasteiger partial charge in [-0.1, -0.05) is 23.8 Å². The summed E-state index contributed by atoms with van der Waals surface area (Å²) in [6, 6.07) is 11.6. The summed E-state index contributed by atoms with van der Waals surface area (Å²) >= 11 is 0. The number of benzene rings is 2. The van der Waals surface area contributed by atoms with Crippen LogP contribution in [0.3, 0.4) is 0 Å². The number of aromatic amines is 1. The average molecular weight is 308 g/mol. The molecular formula is C19H20N2O2. The van der Waals surface area contributed by atoms with E-state index in [1.807, 2.05) is 45.0 Å². The summed E-state index contributed by atoms with van der Waals surface area (Å²) in [5, 5.41) is 13.3. The Labute approximate surface area is 135 Å². The molecule has 0 unspecified atom stereocenters. The fourth-order valence-electron chi connectivity index (χ4n) is 2.75. The molecule has 3 rings (SSSR count). The highest BCUT2D eigenvalue weighted by molar-refractivity contribution is 6.08. The van der Waals surface area contributed by atoms with Gasteiger partial charge in [0.1, 0.15) is 5.69 Å². The third-order valence-corrected chi connectivity index (χ3v) is 4.17. The van der Waals surface area contributed by atoms with Crippen molar-refractivity contribution in [1.29, 1.82) is 0 Å². The molecule has 0 aliphatic rings. The van der Waals surface area contributed by atoms with E-state index in [0.717, 1.165) is 38.8 Å². The number of carbonyl (C=O) groups excluding carboxylic acids is 1. The van der Waals surface area contributed by atoms with Gasteiger partial charge in [0, 0.05) is 16.6 Å². The first-order valence-electron chi connectivity index (χ1n) is 7.60. The van der Waals surface area contributed by atoms with E-state index >= 15 is 0 Å². The minimum atomic E-state index is -0.172. The number of carbonyl (C=O) groups is 1. The lowest BCUT2D eigenvalue weighted by Gasteiger charge is -2.09. The van der Waals surface area contributed by atoms with Crippen molar-refractivity contribution in [3.8, 4) is 0 Å². The van der Waals surface area contributed by atoms with Gasteiger partial charge in [0.2, 0.25) is 0 Å². The van der Waals surface area contributed by atoms with Gasteiger partial charge in [-0.3, -0.25) is 4.79 Å². The van der Waals surface area contributed by atoms with Gasteiger partial charge in [0.05, 0.1) is 6.61 Å². The van der Waals surface area contributed by atoms with Crippen molar-refractivity contribution >= 4 is 22.5 Å². The topological polar surface area (TPSA) is 65.1 Å². The highest BCUT2D eigenvalue weighted by Gasteiger charge is 2.15. The van der Waals surface area contributed by atoms with Gasteiger partial charge in [0.25, 0.3) is 5.91 Å². The third kappa shape index (κ3) is 2.85. The maximum Gasteiger partial charge on any atom is 0.272 e. The minimum Gasteiger partial charge on any atom is -0.392 e. The van der Waals surface area contributed by atoms with Crippen LogP contribution in [0.4, 0.5) is 5.69 Å². The van der Waals surface area contributed by atoms with Crippen LogP contribution in [0.5, 0.6) is 0 Å². The number of aliphatic hydroxyl groups is 1. The van der Waals surface area contributed by atoms with Gasteiger partial charge in [-0.2, -0.15) is 0 Å². The molecule has 0 aliphatic heterocycles. The molecule has 4 nitrogen and oxygen atoms in total. The van der Waals surface area contributed by atoms with Crippen LogP contribution >= 0.6 is 0 Å². The van der Waals surface area contributed by atoms with Gasteiger partial charge in [0.15, 0.2) is 0 Å². The molecule has 4 heteroatoms. The summed E-state index contributed by atoms with van der Waals surface area (Å²) in [5.41, 5.74) is 6.08. The lowest BCUT2D eigenvalue weighted by Crippen LogP contribution is -2.14. The van der Waals surface area contributed by atoms with Crippen molar-refractivity contribution in [2.24, 2.45) is 0 Å². The number of anilines is 1. The fourth-order valence-corrected chi connectivity index (χ4v) is 2.75. The number of rotatable bonds is 3. The van der Waals surface area contributed by atoms with Crippen molar-refractivity contribution < 1.29 is 9.90 Å². The highest BCUT2D eigenvalue weighted by Crippen LogP contribution is 2.24. The van der Waals surface area contributed by atoms with Crippen LogP contribution in [-0.2, 0) is 6.61 Å². The second-order valence-corrected chi connectivity index (χ2v) is 5.94. The van der Waals surface area contributed by atoms with Crippen molar-refractivity contribution in [1.82, 2.24) is 4.98 Å². The molecule has 3 aromatic rings. The summed E-state index contributed by atoms with van der Waals surface area (Å²) < 4.78 is 0. The van der Waals surface area contributed by atoms with Crippen LogP contribution in [0.1, 0.15) is 32.7 Å². The molecule has 1 aromatic heterocycles. The second-order valence-electron chi connectivity index (χ2n) is 5.94. The van der Waals surface area contributed by atoms with Gasteiger partial charge in [-0.25, -0.2) is 0 Å². The van der Waals surface area contributed by atoms with Gasteiger partial charge in [-0.05, 0) is 55.7 Å². The average Bonchev–Trinajstić information content (AvgIpc) is 2.86. The quantitative estimate of drug-likeness (QED) is 0.688. The molecule has 0 saturated heterocycles. The summed E-state index contributed by atoms with van der Waals surface area (Å²) in [4.78, 5) is 15.8. The molecule has 3 N–H and O–H groups in total. The van der Waals surface area contributed by atoms with E-state index in [9.17, 15) is 9.90 Å². The summed E-state index contributed by atoms with van der Waals surface area (Å²) in [6.45, 7) is 5.87. The van der Waals surface area contributed by atoms with E-state index in [0.29, 0.717) is 5.69 Å². The van der Waals surface area contributed by atoms with Crippen LogP contribution in [-0.4, -0.2) is 16.0 Å². The van der Waals surface area contributed by atoms with Gasteiger partial charge >= 0.3 is 0 Å². The SMILES string of the molecule is Cc1ccc2[nH]c(C(=O)Nc3cc(CO)ccc3C)c(C)c2c1. The smallest absolute Gasteiger partial charge is 0.272 e. The molecule has 0 bridgehead atoms. The number of H-pyrrole nitrogens is 1. The maximum absolute atomic E-state index is 12.6. The minimum absolute atomic E-state index is 0.0478. The van der Waals surface area contributed by atoms with E-state index in [1.54, 1.807) is 6.07 Å². The van der Waals surface area contributed by atoms with Crippen molar-refractivity contribution in [2.75, 3.05) is 5.32 Å². The van der Waals surface area contributed by atoms with Crippen molar-refractivity contribution in [2.45, 2.75) is 27.4 Å². The zero-order chi connectivity index (χ0) is 16.6. The Kier molecular flexibility index (Phi) is 3.92. The first-order valence-corrected chi connectivity index (χ1v) is 7.60. The molecular weight excluding hydrogens is 288 g/mol. The van der Waals surface area contributed by atoms with E-state index in [4.69, 9.17) is 0 Å². The molecule has 1 amide bonds. The van der Waals surface area contributed by atoms with Gasteiger partial charge < -0.3 is 15.4 Å². The largest absolute Gasteiger partial charge is 0.392 e. The van der Waals surface area contributed by atoms with Crippen LogP contribution in [0.15, 0.2) is 36.4 Å². The summed E-state index contributed by atoms with van der Waals surface area (Å²) in [7, 11) is 0. The standard InChI is InChI=1S/C19H20N2O2/c1-11-4-7-16-15(8-11)13(3)18(20-16)19(23)21-17-9-14(10-22)6-5-12(17)2/h4-9,20,22H,10H2,1-3H3,(H,21,23). The first-order chi connectivity index (χ1) is 11.0. The van der Waals surface area contributed by atoms with Crippen LogP contribution in [0.2, 0.25) is 0 Å². The molecule has 0 spiro atoms. The van der Waals surface area contributed by atoms with E-state index < -0.39 is 0 Å². The Balaban J connectivity index is 1.96. The Morgan fingerprint density at radius 2 is 1.91 bits per heavy atom. The number of hydrogen-bond donors (Lipinski definition) is 3. The third-order valence-electron chi connectivity index (χ3n) is 4.17. The molecule has 0 saturated carbocycles. The monoisotopic (exact) mass is 308 g/mol. The van der Waals surface area contributed by atoms with Crippen LogP contribution in [0, 0.1) is 20.8 Å². The number of fused-ring (bicyclic) bond motifs is 1. The number of amides is 1. The lowest BCUT2D eigenvalue weighted by molar-refractivity contribution is 0.102. The van der Waals surface area contributed by atoms with E-state index in [1.165, 1.54) is 0 Å². The molecule has 0 fully saturated rings. The zero-order valence-corrected chi connectivity index (χ0v) is 13.5. The molecule has 0 radical (unpaired) electrons. The predicted molar refractivity (Wildman–Crippen MR) is 92.8 cm³/mol. The van der Waals surface area contributed by atoms with Gasteiger partial charge in [-0.15, -0.1) is 0 Å². The first kappa shape index (κ1) is 15.3. The van der Waals surface area contributed by atoms with Crippen molar-refractivity contribution in [3.05, 3.63) is 64.3 Å². The number of hydrogen-bond acceptors (Lipinski definition) is 2. The molecule has 1 heterocycles. The number of aromatic nitrogens is 1. The van der Waals surface area contributed by atoms with Crippen LogP contribution < -0.4 is 5.32 Å². The highest BCUT2D eigenvalue weighted by atomic mass is 16.3. The summed E-state index contributed by atoms with van der Waals surface area (Å²) in [6.07, 6.45) is 0. The number of aryl methyl sites for hydroxylation is 3. The van der Waals surface area contributed by atoms with E-state index in [-0.39, 0.29) is 12.5 Å². The maximum atomic E-state index is 12.6. The zero-order valence-electron chi connectivity index (χ0n) is 13.5. The van der Waals surface area contributed by atoms with E-state index in [2.05, 4.69) is 16.4 Å². The number of nitrogens with one attached hydrogen (secondary N) is 2. The normalized spacial score (nSPS) is 11.0. The molecule has 118 valence electrons. The predicted octanol–water partition coefficient (Wildman–Crippen LogP) is 3.84. The lowest BCUT2D eigenvalue weighted by atomic mass is 10.1. The Hall–Kier alpha value is -2.59. The molecule has 2 aromatic carbocycles. The molecule has 23 heavy (non-hydrogen) atoms. The van der Waals surface area contributed by atoms with Crippen molar-refractivity contribution in [3.63, 3.8) is 0 Å².